The molecule has 3 aromatic carbocycles. The summed E-state index contributed by atoms with van der Waals surface area (Å²) in [6.45, 7) is 2.15. The summed E-state index contributed by atoms with van der Waals surface area (Å²) in [5.41, 5.74) is 4.41. The van der Waals surface area contributed by atoms with Crippen LogP contribution >= 0.6 is 11.3 Å². The van der Waals surface area contributed by atoms with E-state index in [2.05, 4.69) is 78.6 Å². The van der Waals surface area contributed by atoms with Gasteiger partial charge in [0.15, 0.2) is 11.8 Å². The second-order valence-electron chi connectivity index (χ2n) is 6.22. The third-order valence-corrected chi connectivity index (χ3v) is 5.71. The second kappa shape index (κ2) is 4.92. The highest BCUT2D eigenvalue weighted by molar-refractivity contribution is 7.12. The van der Waals surface area contributed by atoms with Crippen LogP contribution in [0.5, 0.6) is 0 Å². The molecule has 0 unspecified atom stereocenters. The molecule has 0 fully saturated rings. The lowest BCUT2D eigenvalue weighted by Gasteiger charge is -2.01. The molecule has 2 aromatic heterocycles. The quantitative estimate of drug-likeness (QED) is 0.366. The third-order valence-electron chi connectivity index (χ3n) is 4.74. The fraction of sp³-hybridized carbons (Fsp3) is 0.0952. The molecule has 0 saturated heterocycles. The first-order valence-corrected chi connectivity index (χ1v) is 8.89. The minimum Gasteiger partial charge on any atom is -0.454 e. The maximum absolute atomic E-state index is 6.45. The van der Waals surface area contributed by atoms with Crippen LogP contribution in [0.25, 0.3) is 43.3 Å². The predicted octanol–water partition coefficient (Wildman–Crippen LogP) is 5.60. The Labute approximate surface area is 143 Å². The van der Waals surface area contributed by atoms with E-state index >= 15 is 0 Å². The van der Waals surface area contributed by atoms with Crippen molar-refractivity contribution in [3.63, 3.8) is 0 Å². The number of hydrogen-bond acceptors (Lipinski definition) is 2. The Kier molecular flexibility index (Phi) is 2.82. The van der Waals surface area contributed by atoms with Gasteiger partial charge in [0.2, 0.25) is 0 Å². The van der Waals surface area contributed by atoms with Crippen LogP contribution in [-0.4, -0.2) is 0 Å². The van der Waals surface area contributed by atoms with Gasteiger partial charge in [0, 0.05) is 16.2 Å². The summed E-state index contributed by atoms with van der Waals surface area (Å²) in [5.74, 6) is 0. The molecule has 5 rings (SSSR count). The molecule has 0 aliphatic heterocycles. The molecule has 24 heavy (non-hydrogen) atoms. The highest BCUT2D eigenvalue weighted by Crippen LogP contribution is 2.40. The number of fused-ring (bicyclic) bond motifs is 5. The molecule has 0 aliphatic carbocycles. The lowest BCUT2D eigenvalue weighted by atomic mass is 10.0. The Balaban J connectivity index is 1.99. The van der Waals surface area contributed by atoms with Gasteiger partial charge in [-0.05, 0) is 23.9 Å². The van der Waals surface area contributed by atoms with Crippen molar-refractivity contribution in [1.82, 2.24) is 0 Å². The minimum atomic E-state index is 0.981. The Morgan fingerprint density at radius 1 is 0.875 bits per heavy atom. The van der Waals surface area contributed by atoms with Crippen molar-refractivity contribution >= 4 is 44.0 Å². The SMILES string of the molecule is Cc1ccc2c(oc3c4ccccc4ccc23)c1-c1scc[n+]1C. The lowest BCUT2D eigenvalue weighted by Crippen LogP contribution is -2.26. The van der Waals surface area contributed by atoms with Gasteiger partial charge in [-0.15, -0.1) is 0 Å². The summed E-state index contributed by atoms with van der Waals surface area (Å²) in [6, 6.07) is 17.1. The molecule has 0 amide bonds. The fourth-order valence-electron chi connectivity index (χ4n) is 3.50. The summed E-state index contributed by atoms with van der Waals surface area (Å²) in [6.07, 6.45) is 2.09. The van der Waals surface area contributed by atoms with Crippen LogP contribution in [0.4, 0.5) is 0 Å². The van der Waals surface area contributed by atoms with E-state index in [1.54, 1.807) is 11.3 Å². The molecular weight excluding hydrogens is 314 g/mol. The summed E-state index contributed by atoms with van der Waals surface area (Å²) in [5, 5.41) is 8.09. The molecular formula is C21H16NOS+. The van der Waals surface area contributed by atoms with Crippen LogP contribution in [0, 0.1) is 6.92 Å². The molecule has 5 aromatic rings. The van der Waals surface area contributed by atoms with E-state index in [-0.39, 0.29) is 0 Å². The van der Waals surface area contributed by atoms with Crippen LogP contribution in [0.2, 0.25) is 0 Å². The van der Waals surface area contributed by atoms with E-state index in [0.29, 0.717) is 0 Å². The number of aryl methyl sites for hydroxylation is 2. The van der Waals surface area contributed by atoms with Crippen LogP contribution in [-0.2, 0) is 7.05 Å². The smallest absolute Gasteiger partial charge is 0.272 e. The van der Waals surface area contributed by atoms with E-state index in [9.17, 15) is 0 Å². The predicted molar refractivity (Wildman–Crippen MR) is 100 cm³/mol. The molecule has 0 radical (unpaired) electrons. The van der Waals surface area contributed by atoms with Gasteiger partial charge in [0.25, 0.3) is 5.01 Å². The number of benzene rings is 3. The largest absolute Gasteiger partial charge is 0.454 e. The Morgan fingerprint density at radius 3 is 2.50 bits per heavy atom. The van der Waals surface area contributed by atoms with E-state index < -0.39 is 0 Å². The minimum absolute atomic E-state index is 0.981. The van der Waals surface area contributed by atoms with Gasteiger partial charge >= 0.3 is 0 Å². The van der Waals surface area contributed by atoms with Crippen LogP contribution in [0.1, 0.15) is 5.56 Å². The topological polar surface area (TPSA) is 17.0 Å². The first kappa shape index (κ1) is 13.8. The van der Waals surface area contributed by atoms with E-state index in [4.69, 9.17) is 4.42 Å². The molecule has 0 bridgehead atoms. The number of thiazole rings is 1. The zero-order valence-electron chi connectivity index (χ0n) is 13.5. The molecule has 0 spiro atoms. The van der Waals surface area contributed by atoms with E-state index in [0.717, 1.165) is 11.2 Å². The van der Waals surface area contributed by atoms with Crippen LogP contribution < -0.4 is 4.57 Å². The molecule has 2 heterocycles. The van der Waals surface area contributed by atoms with Gasteiger partial charge in [-0.2, -0.15) is 4.57 Å². The van der Waals surface area contributed by atoms with Crippen molar-refractivity contribution in [3.05, 3.63) is 65.7 Å². The first-order chi connectivity index (χ1) is 11.7. The normalized spacial score (nSPS) is 11.8. The number of aromatic nitrogens is 1. The van der Waals surface area contributed by atoms with Crippen molar-refractivity contribution in [3.8, 4) is 10.6 Å². The highest BCUT2D eigenvalue weighted by Gasteiger charge is 2.22. The van der Waals surface area contributed by atoms with Crippen molar-refractivity contribution in [2.24, 2.45) is 7.05 Å². The Morgan fingerprint density at radius 2 is 1.67 bits per heavy atom. The molecule has 0 saturated carbocycles. The number of furan rings is 1. The Hall–Kier alpha value is -2.65. The number of rotatable bonds is 1. The zero-order valence-corrected chi connectivity index (χ0v) is 14.4. The summed E-state index contributed by atoms with van der Waals surface area (Å²) >= 11 is 1.75. The van der Waals surface area contributed by atoms with Crippen LogP contribution in [0.15, 0.2) is 64.5 Å². The fourth-order valence-corrected chi connectivity index (χ4v) is 4.48. The van der Waals surface area contributed by atoms with Gasteiger partial charge in [-0.1, -0.05) is 53.8 Å². The highest BCUT2D eigenvalue weighted by atomic mass is 32.1. The molecule has 3 heteroatoms. The van der Waals surface area contributed by atoms with Crippen molar-refractivity contribution in [1.29, 1.82) is 0 Å². The molecule has 2 nitrogen and oxygen atoms in total. The number of hydrogen-bond donors (Lipinski definition) is 0. The molecule has 116 valence electrons. The van der Waals surface area contributed by atoms with Gasteiger partial charge in [-0.25, -0.2) is 0 Å². The average Bonchev–Trinajstić information content (AvgIpc) is 3.18. The standard InChI is InChI=1S/C21H16NOS/c1-13-7-9-17-16-10-8-14-5-3-4-6-15(14)19(16)23-20(17)18(13)21-22(2)11-12-24-21/h3-12H,1-2H3/q+1. The van der Waals surface area contributed by atoms with Crippen molar-refractivity contribution in [2.75, 3.05) is 0 Å². The van der Waals surface area contributed by atoms with E-state index in [1.165, 1.54) is 37.7 Å². The Bertz CT molecular complexity index is 1230. The van der Waals surface area contributed by atoms with Gasteiger partial charge in [0.1, 0.15) is 18.2 Å². The summed E-state index contributed by atoms with van der Waals surface area (Å²) in [7, 11) is 2.09. The second-order valence-corrected chi connectivity index (χ2v) is 7.11. The molecule has 0 aliphatic rings. The van der Waals surface area contributed by atoms with E-state index in [1.807, 2.05) is 0 Å². The monoisotopic (exact) mass is 330 g/mol. The molecule has 0 atom stereocenters. The maximum Gasteiger partial charge on any atom is 0.272 e. The van der Waals surface area contributed by atoms with Crippen molar-refractivity contribution < 1.29 is 8.98 Å². The van der Waals surface area contributed by atoms with Gasteiger partial charge in [0.05, 0.1) is 5.38 Å². The summed E-state index contributed by atoms with van der Waals surface area (Å²) in [4.78, 5) is 0. The van der Waals surface area contributed by atoms with Crippen LogP contribution in [0.3, 0.4) is 0 Å². The molecule has 0 N–H and O–H groups in total. The zero-order chi connectivity index (χ0) is 16.3. The first-order valence-electron chi connectivity index (χ1n) is 8.01. The maximum atomic E-state index is 6.45. The summed E-state index contributed by atoms with van der Waals surface area (Å²) < 4.78 is 8.61. The number of nitrogens with zero attached hydrogens (tertiary/aromatic N) is 1. The van der Waals surface area contributed by atoms with Gasteiger partial charge < -0.3 is 4.42 Å². The van der Waals surface area contributed by atoms with Gasteiger partial charge in [-0.3, -0.25) is 0 Å². The van der Waals surface area contributed by atoms with Crippen molar-refractivity contribution in [2.45, 2.75) is 6.92 Å². The third kappa shape index (κ3) is 1.79. The lowest BCUT2D eigenvalue weighted by molar-refractivity contribution is -0.655. The average molecular weight is 330 g/mol.